The molecule has 0 spiro atoms. The molecule has 1 heterocycles. The third kappa shape index (κ3) is 7.08. The van der Waals surface area contributed by atoms with E-state index in [1.54, 1.807) is 65.6 Å². The number of rotatable bonds is 9. The Kier molecular flexibility index (Phi) is 9.54. The average Bonchev–Trinajstić information content (AvgIpc) is 3.12. The van der Waals surface area contributed by atoms with E-state index in [9.17, 15) is 27.6 Å². The van der Waals surface area contributed by atoms with Gasteiger partial charge in [0.25, 0.3) is 21.9 Å². The number of nitrogens with zero attached hydrogens (tertiary/aromatic N) is 1. The van der Waals surface area contributed by atoms with Crippen molar-refractivity contribution in [1.29, 1.82) is 0 Å². The Morgan fingerprint density at radius 3 is 2.00 bits per heavy atom. The second-order valence-corrected chi connectivity index (χ2v) is 13.3. The molecule has 6 rings (SSSR count). The van der Waals surface area contributed by atoms with Crippen LogP contribution in [-0.2, 0) is 19.1 Å². The molecule has 0 saturated carbocycles. The van der Waals surface area contributed by atoms with Crippen LogP contribution in [0.2, 0.25) is 0 Å². The summed E-state index contributed by atoms with van der Waals surface area (Å²) in [7, 11) is -4.17. The number of carbonyl (C=O) groups is 4. The number of ketones is 2. The van der Waals surface area contributed by atoms with Gasteiger partial charge in [-0.15, -0.1) is 0 Å². The Balaban J connectivity index is 0.979. The van der Waals surface area contributed by atoms with E-state index >= 15 is 0 Å². The standard InChI is InChI=1S/C36H30ClN3O7S/c37-32-33(35(43)30-9-5-4-8-29(30)34(32)42)39-27-18-20-40(21-19-27)36(44)25-10-14-26(15-11-25)38-31(41)22-47-48(45,46)28-16-12-24(13-17-28)23-6-2-1-3-7-23/h1-17,27,39H,18-22H2,(H,38,41). The molecule has 2 aliphatic rings. The van der Waals surface area contributed by atoms with E-state index < -0.39 is 28.4 Å². The highest BCUT2D eigenvalue weighted by Gasteiger charge is 2.33. The van der Waals surface area contributed by atoms with Gasteiger partial charge in [-0.25, -0.2) is 0 Å². The highest BCUT2D eigenvalue weighted by molar-refractivity contribution is 7.86. The summed E-state index contributed by atoms with van der Waals surface area (Å²) in [6.45, 7) is 0.111. The smallest absolute Gasteiger partial charge is 0.297 e. The van der Waals surface area contributed by atoms with Crippen LogP contribution >= 0.6 is 11.6 Å². The molecule has 0 atom stereocenters. The Morgan fingerprint density at radius 2 is 1.35 bits per heavy atom. The van der Waals surface area contributed by atoms with Gasteiger partial charge < -0.3 is 15.5 Å². The molecule has 1 aliphatic heterocycles. The van der Waals surface area contributed by atoms with Crippen molar-refractivity contribution >= 4 is 50.8 Å². The molecule has 1 fully saturated rings. The number of piperidine rings is 1. The van der Waals surface area contributed by atoms with Crippen LogP contribution in [0.5, 0.6) is 0 Å². The number of nitrogens with one attached hydrogen (secondary N) is 2. The number of benzene rings is 4. The van der Waals surface area contributed by atoms with Gasteiger partial charge in [0.05, 0.1) is 4.90 Å². The lowest BCUT2D eigenvalue weighted by Gasteiger charge is -2.34. The van der Waals surface area contributed by atoms with Crippen LogP contribution in [0.3, 0.4) is 0 Å². The number of hydrogen-bond acceptors (Lipinski definition) is 8. The summed E-state index contributed by atoms with van der Waals surface area (Å²) in [5.41, 5.74) is 3.24. The number of carbonyl (C=O) groups excluding carboxylic acids is 4. The minimum absolute atomic E-state index is 0.0677. The maximum atomic E-state index is 13.2. The summed E-state index contributed by atoms with van der Waals surface area (Å²) in [5, 5.41) is 5.58. The zero-order chi connectivity index (χ0) is 33.8. The van der Waals surface area contributed by atoms with Crippen molar-refractivity contribution < 1.29 is 31.8 Å². The summed E-state index contributed by atoms with van der Waals surface area (Å²) in [6.07, 6.45) is 1.08. The van der Waals surface area contributed by atoms with Gasteiger partial charge in [-0.3, -0.25) is 23.4 Å². The zero-order valence-electron chi connectivity index (χ0n) is 25.5. The molecule has 0 radical (unpaired) electrons. The number of Topliss-reactive ketones (excluding diaryl/α,β-unsaturated/α-hetero) is 2. The molecule has 4 aromatic rings. The number of likely N-dealkylation sites (tertiary alicyclic amines) is 1. The van der Waals surface area contributed by atoms with Crippen molar-refractivity contribution in [2.45, 2.75) is 23.8 Å². The third-order valence-corrected chi connectivity index (χ3v) is 9.84. The van der Waals surface area contributed by atoms with Gasteiger partial charge in [0.2, 0.25) is 11.6 Å². The largest absolute Gasteiger partial charge is 0.378 e. The lowest BCUT2D eigenvalue weighted by atomic mass is 9.91. The van der Waals surface area contributed by atoms with E-state index in [2.05, 4.69) is 10.6 Å². The van der Waals surface area contributed by atoms with Crippen LogP contribution in [0, 0.1) is 0 Å². The van der Waals surface area contributed by atoms with Gasteiger partial charge >= 0.3 is 0 Å². The molecule has 10 nitrogen and oxygen atoms in total. The van der Waals surface area contributed by atoms with Gasteiger partial charge in [0.1, 0.15) is 17.3 Å². The molecular formula is C36H30ClN3O7S. The molecule has 2 N–H and O–H groups in total. The summed E-state index contributed by atoms with van der Waals surface area (Å²) in [5.74, 6) is -1.61. The molecule has 0 unspecified atom stereocenters. The zero-order valence-corrected chi connectivity index (χ0v) is 27.1. The molecule has 1 aliphatic carbocycles. The van der Waals surface area contributed by atoms with E-state index in [4.69, 9.17) is 15.8 Å². The van der Waals surface area contributed by atoms with Gasteiger partial charge in [-0.05, 0) is 60.4 Å². The maximum absolute atomic E-state index is 13.2. The molecule has 48 heavy (non-hydrogen) atoms. The fraction of sp³-hybridized carbons (Fsp3) is 0.167. The Morgan fingerprint density at radius 1 is 0.771 bits per heavy atom. The van der Waals surface area contributed by atoms with Crippen molar-refractivity contribution in [2.24, 2.45) is 0 Å². The molecular weight excluding hydrogens is 654 g/mol. The van der Waals surface area contributed by atoms with E-state index in [-0.39, 0.29) is 38.9 Å². The monoisotopic (exact) mass is 683 g/mol. The first-order valence-corrected chi connectivity index (χ1v) is 17.0. The number of amides is 2. The predicted octanol–water partition coefficient (Wildman–Crippen LogP) is 5.42. The summed E-state index contributed by atoms with van der Waals surface area (Å²) >= 11 is 6.29. The quantitative estimate of drug-likeness (QED) is 0.223. The number of allylic oxidation sites excluding steroid dienone is 2. The SMILES string of the molecule is O=C(COS(=O)(=O)c1ccc(-c2ccccc2)cc1)Nc1ccc(C(=O)N2CCC(NC3=C(Cl)C(=O)c4ccccc4C3=O)CC2)cc1. The second kappa shape index (κ2) is 13.9. The lowest BCUT2D eigenvalue weighted by molar-refractivity contribution is -0.118. The first-order valence-electron chi connectivity index (χ1n) is 15.2. The lowest BCUT2D eigenvalue weighted by Crippen LogP contribution is -2.46. The van der Waals surface area contributed by atoms with Gasteiger partial charge in [0.15, 0.2) is 0 Å². The van der Waals surface area contributed by atoms with Crippen LogP contribution in [0.4, 0.5) is 5.69 Å². The van der Waals surface area contributed by atoms with Crippen LogP contribution in [0.1, 0.15) is 43.9 Å². The van der Waals surface area contributed by atoms with Gasteiger partial charge in [-0.2, -0.15) is 8.42 Å². The number of halogens is 1. The van der Waals surface area contributed by atoms with E-state index in [1.807, 2.05) is 30.3 Å². The minimum Gasteiger partial charge on any atom is -0.378 e. The fourth-order valence-electron chi connectivity index (χ4n) is 5.62. The van der Waals surface area contributed by atoms with Gasteiger partial charge in [0, 0.05) is 41.5 Å². The van der Waals surface area contributed by atoms with Crippen molar-refractivity contribution in [3.05, 3.63) is 131 Å². The highest BCUT2D eigenvalue weighted by atomic mass is 35.5. The first-order chi connectivity index (χ1) is 23.1. The minimum atomic E-state index is -4.17. The predicted molar refractivity (Wildman–Crippen MR) is 180 cm³/mol. The van der Waals surface area contributed by atoms with Crippen molar-refractivity contribution in [2.75, 3.05) is 25.0 Å². The summed E-state index contributed by atoms with van der Waals surface area (Å²) in [6, 6.07) is 28.3. The van der Waals surface area contributed by atoms with Crippen molar-refractivity contribution in [1.82, 2.24) is 10.2 Å². The fourth-order valence-corrected chi connectivity index (χ4v) is 6.73. The number of fused-ring (bicyclic) bond motifs is 1. The first kappa shape index (κ1) is 32.8. The summed E-state index contributed by atoms with van der Waals surface area (Å²) in [4.78, 5) is 52.9. The number of hydrogen-bond donors (Lipinski definition) is 2. The molecule has 1 saturated heterocycles. The molecule has 0 aromatic heterocycles. The van der Waals surface area contributed by atoms with E-state index in [1.165, 1.54) is 12.1 Å². The number of anilines is 1. The molecule has 0 bridgehead atoms. The van der Waals surface area contributed by atoms with Crippen molar-refractivity contribution in [3.63, 3.8) is 0 Å². The Hall–Kier alpha value is -5.10. The molecule has 12 heteroatoms. The Labute approximate surface area is 282 Å². The highest BCUT2D eigenvalue weighted by Crippen LogP contribution is 2.29. The van der Waals surface area contributed by atoms with Crippen LogP contribution in [-0.4, -0.2) is 62.4 Å². The van der Waals surface area contributed by atoms with Crippen molar-refractivity contribution in [3.8, 4) is 11.1 Å². The average molecular weight is 684 g/mol. The van der Waals surface area contributed by atoms with E-state index in [0.717, 1.165) is 11.1 Å². The topological polar surface area (TPSA) is 139 Å². The van der Waals surface area contributed by atoms with Crippen LogP contribution in [0.25, 0.3) is 11.1 Å². The van der Waals surface area contributed by atoms with E-state index in [0.29, 0.717) is 42.7 Å². The van der Waals surface area contributed by atoms with Gasteiger partial charge in [-0.1, -0.05) is 78.3 Å². The second-order valence-electron chi connectivity index (χ2n) is 11.3. The van der Waals surface area contributed by atoms with Crippen LogP contribution < -0.4 is 10.6 Å². The third-order valence-electron chi connectivity index (χ3n) is 8.20. The normalized spacial score (nSPS) is 15.2. The maximum Gasteiger partial charge on any atom is 0.297 e. The van der Waals surface area contributed by atoms with Crippen LogP contribution in [0.15, 0.2) is 119 Å². The summed E-state index contributed by atoms with van der Waals surface area (Å²) < 4.78 is 30.2. The molecule has 4 aromatic carbocycles. The molecule has 2 amide bonds. The Bertz CT molecular complexity index is 2020. The molecule has 244 valence electrons.